The molecule has 1 atom stereocenters. The molecule has 3 nitrogen and oxygen atoms in total. The largest absolute Gasteiger partial charge is 0.496 e. The van der Waals surface area contributed by atoms with E-state index < -0.39 is 0 Å². The number of carbonyl (C=O) groups is 1. The minimum atomic E-state index is -0.102. The molecule has 1 unspecified atom stereocenters. The molecule has 1 aliphatic heterocycles. The van der Waals surface area contributed by atoms with Gasteiger partial charge in [-0.05, 0) is 35.7 Å². The fourth-order valence-electron chi connectivity index (χ4n) is 4.09. The molecule has 0 bridgehead atoms. The Morgan fingerprint density at radius 2 is 1.68 bits per heavy atom. The van der Waals surface area contributed by atoms with Crippen LogP contribution in [0.3, 0.4) is 0 Å². The lowest BCUT2D eigenvalue weighted by molar-refractivity contribution is -0.121. The fraction of sp³-hybridized carbons (Fsp3) is 0.240. The molecule has 0 saturated carbocycles. The lowest BCUT2D eigenvalue weighted by Gasteiger charge is -2.39. The average molecular weight is 371 g/mol. The third-order valence-electron chi connectivity index (χ3n) is 5.78. The minimum absolute atomic E-state index is 0.102. The number of para-hydroxylation sites is 1. The van der Waals surface area contributed by atoms with Crippen LogP contribution in [-0.2, 0) is 10.2 Å². The summed E-state index contributed by atoms with van der Waals surface area (Å²) in [6, 6.07) is 26.5. The molecule has 1 aliphatic rings. The van der Waals surface area contributed by atoms with Crippen LogP contribution in [0.2, 0.25) is 0 Å². The van der Waals surface area contributed by atoms with Crippen LogP contribution < -0.4 is 9.64 Å². The van der Waals surface area contributed by atoms with Gasteiger partial charge in [-0.25, -0.2) is 0 Å². The number of carbonyl (C=O) groups excluding carboxylic acids is 1. The van der Waals surface area contributed by atoms with Gasteiger partial charge in [0, 0.05) is 29.6 Å². The Hall–Kier alpha value is -3.07. The van der Waals surface area contributed by atoms with Gasteiger partial charge in [0.05, 0.1) is 7.11 Å². The van der Waals surface area contributed by atoms with Crippen LogP contribution in [0.4, 0.5) is 5.69 Å². The zero-order valence-electron chi connectivity index (χ0n) is 16.4. The molecule has 3 heteroatoms. The van der Waals surface area contributed by atoms with Gasteiger partial charge in [-0.2, -0.15) is 0 Å². The number of hydrogen-bond acceptors (Lipinski definition) is 2. The van der Waals surface area contributed by atoms with E-state index in [1.165, 1.54) is 5.56 Å². The molecule has 1 amide bonds. The summed E-state index contributed by atoms with van der Waals surface area (Å²) >= 11 is 0. The van der Waals surface area contributed by atoms with E-state index in [9.17, 15) is 4.79 Å². The number of rotatable bonds is 4. The molecule has 1 heterocycles. The average Bonchev–Trinajstić information content (AvgIpc) is 2.74. The number of hydrogen-bond donors (Lipinski definition) is 0. The van der Waals surface area contributed by atoms with Gasteiger partial charge in [0.2, 0.25) is 5.91 Å². The first-order chi connectivity index (χ1) is 13.6. The molecule has 4 rings (SSSR count). The second-order valence-electron chi connectivity index (χ2n) is 7.65. The van der Waals surface area contributed by atoms with E-state index in [0.717, 1.165) is 35.5 Å². The smallest absolute Gasteiger partial charge is 0.227 e. The SMILES string of the molecule is COc1ccccc1-c1cccc(N2CCC(C)(c3ccccc3)CC2=O)c1. The number of benzene rings is 3. The molecule has 3 aromatic rings. The Bertz CT molecular complexity index is 983. The zero-order valence-corrected chi connectivity index (χ0v) is 16.4. The summed E-state index contributed by atoms with van der Waals surface area (Å²) in [6.07, 6.45) is 1.47. The van der Waals surface area contributed by atoms with Gasteiger partial charge in [-0.3, -0.25) is 4.79 Å². The normalized spacial score (nSPS) is 19.5. The van der Waals surface area contributed by atoms with Crippen LogP contribution in [0.15, 0.2) is 78.9 Å². The molecular formula is C25H25NO2. The highest BCUT2D eigenvalue weighted by Crippen LogP contribution is 2.38. The number of anilines is 1. The highest BCUT2D eigenvalue weighted by atomic mass is 16.5. The molecular weight excluding hydrogens is 346 g/mol. The van der Waals surface area contributed by atoms with E-state index in [1.54, 1.807) is 7.11 Å². The molecule has 28 heavy (non-hydrogen) atoms. The fourth-order valence-corrected chi connectivity index (χ4v) is 4.09. The van der Waals surface area contributed by atoms with Gasteiger partial charge in [0.25, 0.3) is 0 Å². The Morgan fingerprint density at radius 3 is 2.43 bits per heavy atom. The van der Waals surface area contributed by atoms with Gasteiger partial charge in [-0.1, -0.05) is 67.6 Å². The van der Waals surface area contributed by atoms with Crippen molar-refractivity contribution in [3.8, 4) is 16.9 Å². The quantitative estimate of drug-likeness (QED) is 0.610. The number of ether oxygens (including phenoxy) is 1. The Labute approximate surface area is 166 Å². The lowest BCUT2D eigenvalue weighted by atomic mass is 9.74. The van der Waals surface area contributed by atoms with Crippen molar-refractivity contribution in [1.82, 2.24) is 0 Å². The van der Waals surface area contributed by atoms with Crippen molar-refractivity contribution in [2.24, 2.45) is 0 Å². The molecule has 0 spiro atoms. The first-order valence-electron chi connectivity index (χ1n) is 9.70. The highest BCUT2D eigenvalue weighted by molar-refractivity contribution is 5.96. The van der Waals surface area contributed by atoms with Crippen molar-refractivity contribution in [3.05, 3.63) is 84.4 Å². The summed E-state index contributed by atoms with van der Waals surface area (Å²) in [7, 11) is 1.68. The van der Waals surface area contributed by atoms with Crippen molar-refractivity contribution in [3.63, 3.8) is 0 Å². The monoisotopic (exact) mass is 371 g/mol. The summed E-state index contributed by atoms with van der Waals surface area (Å²) in [5.41, 5.74) is 4.17. The van der Waals surface area contributed by atoms with E-state index in [-0.39, 0.29) is 11.3 Å². The maximum atomic E-state index is 13.1. The second-order valence-corrected chi connectivity index (χ2v) is 7.65. The molecule has 1 fully saturated rings. The molecule has 0 aliphatic carbocycles. The summed E-state index contributed by atoms with van der Waals surface area (Å²) in [5.74, 6) is 1.01. The summed E-state index contributed by atoms with van der Waals surface area (Å²) in [4.78, 5) is 15.0. The predicted molar refractivity (Wildman–Crippen MR) is 114 cm³/mol. The van der Waals surface area contributed by atoms with Gasteiger partial charge >= 0.3 is 0 Å². The van der Waals surface area contributed by atoms with E-state index in [4.69, 9.17) is 4.74 Å². The number of nitrogens with zero attached hydrogens (tertiary/aromatic N) is 1. The van der Waals surface area contributed by atoms with Crippen LogP contribution >= 0.6 is 0 Å². The maximum absolute atomic E-state index is 13.1. The van der Waals surface area contributed by atoms with E-state index >= 15 is 0 Å². The number of methoxy groups -OCH3 is 1. The van der Waals surface area contributed by atoms with Gasteiger partial charge < -0.3 is 9.64 Å². The zero-order chi connectivity index (χ0) is 19.6. The van der Waals surface area contributed by atoms with Gasteiger partial charge in [0.1, 0.15) is 5.75 Å². The van der Waals surface area contributed by atoms with Crippen LogP contribution in [-0.4, -0.2) is 19.6 Å². The van der Waals surface area contributed by atoms with E-state index in [2.05, 4.69) is 31.2 Å². The third kappa shape index (κ3) is 3.40. The highest BCUT2D eigenvalue weighted by Gasteiger charge is 2.37. The Kier molecular flexibility index (Phi) is 4.91. The summed E-state index contributed by atoms with van der Waals surface area (Å²) in [6.45, 7) is 2.92. The van der Waals surface area contributed by atoms with Crippen LogP contribution in [0.1, 0.15) is 25.3 Å². The van der Waals surface area contributed by atoms with Gasteiger partial charge in [-0.15, -0.1) is 0 Å². The van der Waals surface area contributed by atoms with E-state index in [1.807, 2.05) is 59.5 Å². The molecule has 0 aromatic heterocycles. The second kappa shape index (κ2) is 7.51. The summed E-state index contributed by atoms with van der Waals surface area (Å²) < 4.78 is 5.50. The van der Waals surface area contributed by atoms with Crippen LogP contribution in [0.5, 0.6) is 5.75 Å². The lowest BCUT2D eigenvalue weighted by Crippen LogP contribution is -2.45. The molecule has 0 N–H and O–H groups in total. The minimum Gasteiger partial charge on any atom is -0.496 e. The molecule has 142 valence electrons. The molecule has 3 aromatic carbocycles. The molecule has 1 saturated heterocycles. The van der Waals surface area contributed by atoms with Crippen LogP contribution in [0, 0.1) is 0 Å². The number of piperidine rings is 1. The van der Waals surface area contributed by atoms with Crippen molar-refractivity contribution >= 4 is 11.6 Å². The Balaban J connectivity index is 1.60. The third-order valence-corrected chi connectivity index (χ3v) is 5.78. The molecule has 0 radical (unpaired) electrons. The van der Waals surface area contributed by atoms with Crippen molar-refractivity contribution in [2.45, 2.75) is 25.2 Å². The maximum Gasteiger partial charge on any atom is 0.227 e. The first-order valence-corrected chi connectivity index (χ1v) is 9.70. The van der Waals surface area contributed by atoms with E-state index in [0.29, 0.717) is 6.42 Å². The number of amides is 1. The Morgan fingerprint density at radius 1 is 0.929 bits per heavy atom. The van der Waals surface area contributed by atoms with Crippen molar-refractivity contribution in [1.29, 1.82) is 0 Å². The van der Waals surface area contributed by atoms with Crippen LogP contribution in [0.25, 0.3) is 11.1 Å². The standard InChI is InChI=1S/C25H25NO2/c1-25(20-10-4-3-5-11-20)15-16-26(24(27)18-25)21-12-8-9-19(17-21)22-13-6-7-14-23(22)28-2/h3-14,17H,15-16,18H2,1-2H3. The first kappa shape index (κ1) is 18.3. The summed E-state index contributed by atoms with van der Waals surface area (Å²) in [5, 5.41) is 0. The van der Waals surface area contributed by atoms with Crippen molar-refractivity contribution in [2.75, 3.05) is 18.6 Å². The topological polar surface area (TPSA) is 29.5 Å². The predicted octanol–water partition coefficient (Wildman–Crippen LogP) is 5.45. The van der Waals surface area contributed by atoms with Gasteiger partial charge in [0.15, 0.2) is 0 Å². The van der Waals surface area contributed by atoms with Crippen molar-refractivity contribution < 1.29 is 9.53 Å².